The van der Waals surface area contributed by atoms with Gasteiger partial charge in [0.15, 0.2) is 0 Å². The smallest absolute Gasteiger partial charge is 0.113 e. The molecule has 0 aliphatic heterocycles. The van der Waals surface area contributed by atoms with Crippen molar-refractivity contribution >= 4 is 45.7 Å². The average molecular weight is 265 g/mol. The average Bonchev–Trinajstić information content (AvgIpc) is 2.40. The fraction of sp³-hybridized carbons (Fsp3) is 0.200. The molecule has 1 atom stereocenters. The van der Waals surface area contributed by atoms with Crippen LogP contribution < -0.4 is 0 Å². The highest BCUT2D eigenvalue weighted by Crippen LogP contribution is 2.37. The molecule has 0 radical (unpaired) electrons. The van der Waals surface area contributed by atoms with Gasteiger partial charge in [-0.1, -0.05) is 34.8 Å². The van der Waals surface area contributed by atoms with Crippen LogP contribution in [0.3, 0.4) is 0 Å². The number of aliphatic hydroxyl groups is 1. The van der Waals surface area contributed by atoms with Crippen molar-refractivity contribution < 1.29 is 5.11 Å². The first kappa shape index (κ1) is 11.1. The third-order valence-corrected chi connectivity index (χ3v) is 3.04. The zero-order valence-electron chi connectivity index (χ0n) is 7.81. The molecule has 1 unspecified atom stereocenters. The van der Waals surface area contributed by atoms with E-state index in [-0.39, 0.29) is 0 Å². The zero-order chi connectivity index (χ0) is 11.2. The molecule has 1 aromatic heterocycles. The van der Waals surface area contributed by atoms with Crippen LogP contribution >= 0.6 is 34.8 Å². The third kappa shape index (κ3) is 1.83. The van der Waals surface area contributed by atoms with E-state index in [9.17, 15) is 5.11 Å². The number of aliphatic hydroxyl groups excluding tert-OH is 1. The van der Waals surface area contributed by atoms with E-state index in [0.717, 1.165) is 10.9 Å². The van der Waals surface area contributed by atoms with Crippen LogP contribution in [0, 0.1) is 0 Å². The Morgan fingerprint density at radius 2 is 1.93 bits per heavy atom. The molecule has 0 spiro atoms. The third-order valence-electron chi connectivity index (χ3n) is 2.22. The van der Waals surface area contributed by atoms with Gasteiger partial charge in [-0.3, -0.25) is 0 Å². The molecule has 15 heavy (non-hydrogen) atoms. The number of halogens is 3. The molecule has 5 heteroatoms. The van der Waals surface area contributed by atoms with Gasteiger partial charge < -0.3 is 10.1 Å². The first-order valence-corrected chi connectivity index (χ1v) is 5.48. The van der Waals surface area contributed by atoms with Gasteiger partial charge in [-0.25, -0.2) is 0 Å². The van der Waals surface area contributed by atoms with Crippen molar-refractivity contribution in [3.63, 3.8) is 0 Å². The molecule has 0 saturated carbocycles. The van der Waals surface area contributed by atoms with Crippen LogP contribution in [0.1, 0.15) is 18.6 Å². The molecule has 80 valence electrons. The van der Waals surface area contributed by atoms with Gasteiger partial charge in [0.05, 0.1) is 11.1 Å². The minimum absolute atomic E-state index is 0.393. The van der Waals surface area contributed by atoms with Gasteiger partial charge in [-0.05, 0) is 19.1 Å². The summed E-state index contributed by atoms with van der Waals surface area (Å²) in [5.74, 6) is 0. The van der Waals surface area contributed by atoms with Crippen LogP contribution in [0.15, 0.2) is 12.1 Å². The maximum absolute atomic E-state index is 9.59. The molecule has 2 rings (SSSR count). The first-order chi connectivity index (χ1) is 7.00. The zero-order valence-corrected chi connectivity index (χ0v) is 10.1. The van der Waals surface area contributed by atoms with E-state index in [1.54, 1.807) is 19.1 Å². The van der Waals surface area contributed by atoms with Gasteiger partial charge in [0, 0.05) is 21.5 Å². The lowest BCUT2D eigenvalue weighted by molar-refractivity contribution is 0.201. The van der Waals surface area contributed by atoms with Crippen molar-refractivity contribution in [1.29, 1.82) is 0 Å². The number of benzene rings is 1. The Morgan fingerprint density at radius 1 is 1.27 bits per heavy atom. The van der Waals surface area contributed by atoms with Gasteiger partial charge in [0.25, 0.3) is 0 Å². The van der Waals surface area contributed by atoms with Gasteiger partial charge in [-0.2, -0.15) is 0 Å². The first-order valence-electron chi connectivity index (χ1n) is 4.35. The van der Waals surface area contributed by atoms with Crippen molar-refractivity contribution in [1.82, 2.24) is 4.98 Å². The fourth-order valence-corrected chi connectivity index (χ4v) is 2.58. The lowest BCUT2D eigenvalue weighted by atomic mass is 10.1. The molecule has 0 bridgehead atoms. The van der Waals surface area contributed by atoms with Crippen molar-refractivity contribution in [3.05, 3.63) is 32.9 Å². The number of hydrogen-bond donors (Lipinski definition) is 2. The van der Waals surface area contributed by atoms with Crippen LogP contribution in [0.5, 0.6) is 0 Å². The molecule has 2 aromatic rings. The van der Waals surface area contributed by atoms with E-state index >= 15 is 0 Å². The van der Waals surface area contributed by atoms with Crippen LogP contribution in [-0.2, 0) is 0 Å². The summed E-state index contributed by atoms with van der Waals surface area (Å²) >= 11 is 17.9. The number of rotatable bonds is 1. The number of aromatic nitrogens is 1. The number of aromatic amines is 1. The van der Waals surface area contributed by atoms with Crippen LogP contribution in [0.4, 0.5) is 0 Å². The molecular weight excluding hydrogens is 256 g/mol. The molecule has 1 heterocycles. The van der Waals surface area contributed by atoms with Crippen molar-refractivity contribution in [2.45, 2.75) is 13.0 Å². The SMILES string of the molecule is CC(O)c1c(Cl)[nH]c2cc(Cl)cc(Cl)c12. The molecular formula is C10H8Cl3NO. The van der Waals surface area contributed by atoms with E-state index in [1.807, 2.05) is 0 Å². The van der Waals surface area contributed by atoms with Crippen LogP contribution in [0.25, 0.3) is 10.9 Å². The molecule has 0 fully saturated rings. The summed E-state index contributed by atoms with van der Waals surface area (Å²) in [5, 5.41) is 11.7. The van der Waals surface area contributed by atoms with Crippen molar-refractivity contribution in [3.8, 4) is 0 Å². The fourth-order valence-electron chi connectivity index (χ4n) is 1.63. The minimum Gasteiger partial charge on any atom is -0.389 e. The van der Waals surface area contributed by atoms with Gasteiger partial charge >= 0.3 is 0 Å². The Balaban J connectivity index is 2.87. The summed E-state index contributed by atoms with van der Waals surface area (Å²) in [5.41, 5.74) is 1.33. The van der Waals surface area contributed by atoms with Gasteiger partial charge in [0.1, 0.15) is 5.15 Å². The Labute approximate surface area is 102 Å². The number of H-pyrrole nitrogens is 1. The number of fused-ring (bicyclic) bond motifs is 1. The highest BCUT2D eigenvalue weighted by molar-refractivity contribution is 6.40. The Bertz CT molecular complexity index is 519. The Hall–Kier alpha value is -0.410. The monoisotopic (exact) mass is 263 g/mol. The Morgan fingerprint density at radius 3 is 2.53 bits per heavy atom. The second-order valence-corrected chi connectivity index (χ2v) is 4.56. The second-order valence-electron chi connectivity index (χ2n) is 3.34. The van der Waals surface area contributed by atoms with E-state index in [2.05, 4.69) is 4.98 Å². The minimum atomic E-state index is -0.676. The van der Waals surface area contributed by atoms with E-state index in [4.69, 9.17) is 34.8 Å². The van der Waals surface area contributed by atoms with Crippen LogP contribution in [0.2, 0.25) is 15.2 Å². The van der Waals surface area contributed by atoms with Crippen molar-refractivity contribution in [2.24, 2.45) is 0 Å². The summed E-state index contributed by atoms with van der Waals surface area (Å²) in [6.45, 7) is 1.64. The second kappa shape index (κ2) is 3.87. The van der Waals surface area contributed by atoms with Gasteiger partial charge in [0.2, 0.25) is 0 Å². The van der Waals surface area contributed by atoms with Crippen molar-refractivity contribution in [2.75, 3.05) is 0 Å². The van der Waals surface area contributed by atoms with Crippen LogP contribution in [-0.4, -0.2) is 10.1 Å². The quantitative estimate of drug-likeness (QED) is 0.796. The summed E-state index contributed by atoms with van der Waals surface area (Å²) in [6.07, 6.45) is -0.676. The van der Waals surface area contributed by atoms with E-state index < -0.39 is 6.10 Å². The summed E-state index contributed by atoms with van der Waals surface area (Å²) in [4.78, 5) is 2.93. The lowest BCUT2D eigenvalue weighted by Crippen LogP contribution is -1.90. The molecule has 0 saturated heterocycles. The molecule has 0 aliphatic rings. The maximum Gasteiger partial charge on any atom is 0.113 e. The van der Waals surface area contributed by atoms with Gasteiger partial charge in [-0.15, -0.1) is 0 Å². The molecule has 0 amide bonds. The summed E-state index contributed by atoms with van der Waals surface area (Å²) < 4.78 is 0. The largest absolute Gasteiger partial charge is 0.389 e. The highest BCUT2D eigenvalue weighted by Gasteiger charge is 2.17. The number of nitrogens with one attached hydrogen (secondary N) is 1. The number of hydrogen-bond acceptors (Lipinski definition) is 1. The molecule has 2 nitrogen and oxygen atoms in total. The molecule has 0 aliphatic carbocycles. The maximum atomic E-state index is 9.59. The predicted octanol–water partition coefficient (Wildman–Crippen LogP) is 4.18. The molecule has 2 N–H and O–H groups in total. The summed E-state index contributed by atoms with van der Waals surface area (Å²) in [6, 6.07) is 3.35. The predicted molar refractivity (Wildman–Crippen MR) is 64.0 cm³/mol. The Kier molecular flexibility index (Phi) is 2.86. The molecule has 1 aromatic carbocycles. The summed E-state index contributed by atoms with van der Waals surface area (Å²) in [7, 11) is 0. The highest BCUT2D eigenvalue weighted by atomic mass is 35.5. The standard InChI is InChI=1S/C10H8Cl3NO/c1-4(15)8-9-6(12)2-5(11)3-7(9)14-10(8)13/h2-4,14-15H,1H3. The normalized spacial score (nSPS) is 13.4. The topological polar surface area (TPSA) is 36.0 Å². The van der Waals surface area contributed by atoms with E-state index in [0.29, 0.717) is 20.8 Å². The lowest BCUT2D eigenvalue weighted by Gasteiger charge is -2.04. The van der Waals surface area contributed by atoms with E-state index in [1.165, 1.54) is 0 Å².